The fourth-order valence-electron chi connectivity index (χ4n) is 1.46. The summed E-state index contributed by atoms with van der Waals surface area (Å²) in [5.74, 6) is -0.980. The number of ketones is 1. The number of aromatic hydroxyl groups is 2. The first-order valence-electron chi connectivity index (χ1n) is 5.69. The lowest BCUT2D eigenvalue weighted by molar-refractivity contribution is -0.126. The Morgan fingerprint density at radius 3 is 2.20 bits per heavy atom. The van der Waals surface area contributed by atoms with E-state index in [1.54, 1.807) is 30.3 Å². The molecule has 0 bridgehead atoms. The van der Waals surface area contributed by atoms with Crippen LogP contribution in [0.5, 0.6) is 11.5 Å². The predicted molar refractivity (Wildman–Crippen MR) is 72.7 cm³/mol. The summed E-state index contributed by atoms with van der Waals surface area (Å²) in [5, 5.41) is 18.9. The van der Waals surface area contributed by atoms with E-state index in [0.717, 1.165) is 0 Å². The van der Waals surface area contributed by atoms with Crippen LogP contribution in [0.15, 0.2) is 48.5 Å². The number of ether oxygens (including phenoxy) is 1. The van der Waals surface area contributed by atoms with Gasteiger partial charge in [0.05, 0.1) is 12.7 Å². The van der Waals surface area contributed by atoms with Gasteiger partial charge in [-0.25, -0.2) is 0 Å². The molecule has 2 aromatic rings. The van der Waals surface area contributed by atoms with E-state index < -0.39 is 0 Å². The van der Waals surface area contributed by atoms with E-state index in [0.29, 0.717) is 12.0 Å². The molecule has 20 heavy (non-hydrogen) atoms. The van der Waals surface area contributed by atoms with Crippen LogP contribution in [-0.4, -0.2) is 29.6 Å². The minimum Gasteiger partial charge on any atom is -0.504 e. The first-order valence-corrected chi connectivity index (χ1v) is 5.69. The third kappa shape index (κ3) is 3.84. The van der Waals surface area contributed by atoms with E-state index in [4.69, 9.17) is 4.79 Å². The van der Waals surface area contributed by atoms with Crippen molar-refractivity contribution in [3.63, 3.8) is 0 Å². The second-order valence-corrected chi connectivity index (χ2v) is 3.70. The van der Waals surface area contributed by atoms with Gasteiger partial charge in [-0.3, -0.25) is 9.59 Å². The minimum absolute atomic E-state index is 0.103. The molecule has 0 heterocycles. The fraction of sp³-hybridized carbons (Fsp3) is 0.0667. The van der Waals surface area contributed by atoms with Crippen molar-refractivity contribution in [1.29, 1.82) is 0 Å². The van der Waals surface area contributed by atoms with Crippen LogP contribution in [0.1, 0.15) is 15.9 Å². The summed E-state index contributed by atoms with van der Waals surface area (Å²) in [6, 6.07) is 12.9. The number of rotatable bonds is 3. The molecule has 104 valence electrons. The van der Waals surface area contributed by atoms with Crippen LogP contribution in [0.2, 0.25) is 0 Å². The maximum Gasteiger partial charge on any atom is 0.292 e. The third-order valence-corrected chi connectivity index (χ3v) is 2.39. The third-order valence-electron chi connectivity index (χ3n) is 2.39. The number of para-hydroxylation sites is 1. The van der Waals surface area contributed by atoms with Crippen LogP contribution >= 0.6 is 0 Å². The number of benzene rings is 2. The average Bonchev–Trinajstić information content (AvgIpc) is 2.50. The molecule has 0 aliphatic heterocycles. The van der Waals surface area contributed by atoms with Gasteiger partial charge in [0.15, 0.2) is 17.3 Å². The summed E-state index contributed by atoms with van der Waals surface area (Å²) in [6.45, 7) is 0.375. The largest absolute Gasteiger partial charge is 0.504 e. The first kappa shape index (κ1) is 15.2. The molecule has 0 aromatic heterocycles. The van der Waals surface area contributed by atoms with Crippen molar-refractivity contribution < 1.29 is 24.5 Å². The molecule has 0 amide bonds. The Kier molecular flexibility index (Phi) is 5.77. The lowest BCUT2D eigenvalue weighted by Gasteiger charge is -2.04. The van der Waals surface area contributed by atoms with Crippen LogP contribution in [0.4, 0.5) is 0 Å². The smallest absolute Gasteiger partial charge is 0.292 e. The Morgan fingerprint density at radius 2 is 1.65 bits per heavy atom. The van der Waals surface area contributed by atoms with Gasteiger partial charge in [0.25, 0.3) is 6.47 Å². The molecule has 0 aliphatic rings. The second-order valence-electron chi connectivity index (χ2n) is 3.70. The van der Waals surface area contributed by atoms with E-state index in [1.807, 2.05) is 0 Å². The average molecular weight is 274 g/mol. The summed E-state index contributed by atoms with van der Waals surface area (Å²) in [6.07, 6.45) is 0. The molecule has 5 nitrogen and oxygen atoms in total. The summed E-state index contributed by atoms with van der Waals surface area (Å²) in [5.41, 5.74) is 0.578. The maximum atomic E-state index is 11.9. The summed E-state index contributed by atoms with van der Waals surface area (Å²) >= 11 is 0. The molecule has 2 rings (SSSR count). The van der Waals surface area contributed by atoms with Crippen molar-refractivity contribution >= 4 is 12.3 Å². The molecular formula is C15H14O5. The fourth-order valence-corrected chi connectivity index (χ4v) is 1.46. The summed E-state index contributed by atoms with van der Waals surface area (Å²) in [4.78, 5) is 20.9. The highest BCUT2D eigenvalue weighted by molar-refractivity contribution is 6.11. The Bertz CT molecular complexity index is 578. The Hall–Kier alpha value is -2.82. The van der Waals surface area contributed by atoms with Gasteiger partial charge in [-0.05, 0) is 12.1 Å². The Labute approximate surface area is 116 Å². The standard InChI is InChI=1S/C13H10O3.C2H4O2/c14-11-8-4-7-10(13(11)16)12(15)9-5-2-1-3-6-9;1-4-2-3/h1-8,14,16H;2H,1H3. The number of carbonyl (C=O) groups is 2. The number of carbonyl (C=O) groups excluding carboxylic acids is 2. The van der Waals surface area contributed by atoms with Crippen molar-refractivity contribution in [1.82, 2.24) is 0 Å². The van der Waals surface area contributed by atoms with Crippen molar-refractivity contribution in [3.05, 3.63) is 59.7 Å². The van der Waals surface area contributed by atoms with Crippen molar-refractivity contribution in [2.24, 2.45) is 0 Å². The van der Waals surface area contributed by atoms with Gasteiger partial charge in [0.1, 0.15) is 0 Å². The summed E-state index contributed by atoms with van der Waals surface area (Å²) in [7, 11) is 1.31. The van der Waals surface area contributed by atoms with Gasteiger partial charge in [-0.1, -0.05) is 36.4 Å². The number of phenolic OH excluding ortho intramolecular Hbond substituents is 2. The second kappa shape index (κ2) is 7.58. The van der Waals surface area contributed by atoms with E-state index in [9.17, 15) is 15.0 Å². The van der Waals surface area contributed by atoms with Gasteiger partial charge in [0.2, 0.25) is 0 Å². The topological polar surface area (TPSA) is 83.8 Å². The lowest BCUT2D eigenvalue weighted by atomic mass is 10.0. The number of phenols is 2. The molecule has 0 saturated carbocycles. The highest BCUT2D eigenvalue weighted by Gasteiger charge is 2.14. The zero-order chi connectivity index (χ0) is 15.0. The number of hydrogen-bond donors (Lipinski definition) is 2. The van der Waals surface area contributed by atoms with E-state index in [1.165, 1.54) is 25.3 Å². The van der Waals surface area contributed by atoms with Gasteiger partial charge < -0.3 is 14.9 Å². The van der Waals surface area contributed by atoms with Crippen LogP contribution in [0.25, 0.3) is 0 Å². The van der Waals surface area contributed by atoms with Crippen molar-refractivity contribution in [2.75, 3.05) is 7.11 Å². The molecule has 0 spiro atoms. The quantitative estimate of drug-likeness (QED) is 0.509. The van der Waals surface area contributed by atoms with Crippen molar-refractivity contribution in [3.8, 4) is 11.5 Å². The molecule has 2 aromatic carbocycles. The van der Waals surface area contributed by atoms with E-state index >= 15 is 0 Å². The highest BCUT2D eigenvalue weighted by Crippen LogP contribution is 2.29. The highest BCUT2D eigenvalue weighted by atomic mass is 16.5. The first-order chi connectivity index (χ1) is 9.61. The van der Waals surface area contributed by atoms with E-state index in [-0.39, 0.29) is 22.8 Å². The molecule has 5 heteroatoms. The zero-order valence-corrected chi connectivity index (χ0v) is 10.8. The summed E-state index contributed by atoms with van der Waals surface area (Å²) < 4.78 is 3.86. The monoisotopic (exact) mass is 274 g/mol. The molecule has 0 unspecified atom stereocenters. The minimum atomic E-state index is -0.378. The van der Waals surface area contributed by atoms with Gasteiger partial charge in [-0.15, -0.1) is 0 Å². The van der Waals surface area contributed by atoms with E-state index in [2.05, 4.69) is 4.74 Å². The van der Waals surface area contributed by atoms with Gasteiger partial charge in [-0.2, -0.15) is 0 Å². The number of methoxy groups -OCH3 is 1. The molecule has 0 atom stereocenters. The van der Waals surface area contributed by atoms with Crippen LogP contribution in [0, 0.1) is 0 Å². The number of hydrogen-bond acceptors (Lipinski definition) is 5. The van der Waals surface area contributed by atoms with Crippen molar-refractivity contribution in [2.45, 2.75) is 0 Å². The van der Waals surface area contributed by atoms with Gasteiger partial charge in [0, 0.05) is 5.56 Å². The molecule has 0 saturated heterocycles. The normalized spacial score (nSPS) is 9.05. The predicted octanol–water partition coefficient (Wildman–Crippen LogP) is 2.12. The molecule has 0 aliphatic carbocycles. The van der Waals surface area contributed by atoms with Gasteiger partial charge >= 0.3 is 0 Å². The molecule has 0 fully saturated rings. The Morgan fingerprint density at radius 1 is 1.05 bits per heavy atom. The van der Waals surface area contributed by atoms with Crippen LogP contribution < -0.4 is 0 Å². The SMILES string of the molecule is COC=O.O=C(c1ccccc1)c1cccc(O)c1O. The maximum absolute atomic E-state index is 11.9. The lowest BCUT2D eigenvalue weighted by Crippen LogP contribution is -2.01. The molecule has 2 N–H and O–H groups in total. The molecule has 0 radical (unpaired) electrons. The Balaban J connectivity index is 0.000000444. The zero-order valence-electron chi connectivity index (χ0n) is 10.8. The van der Waals surface area contributed by atoms with Crippen LogP contribution in [-0.2, 0) is 9.53 Å². The van der Waals surface area contributed by atoms with Crippen LogP contribution in [0.3, 0.4) is 0 Å². The molecular weight excluding hydrogens is 260 g/mol.